The number of carbonyl (C=O) groups is 1. The molecule has 3 N–H and O–H groups in total. The van der Waals surface area contributed by atoms with Gasteiger partial charge < -0.3 is 20.4 Å². The van der Waals surface area contributed by atoms with Gasteiger partial charge in [0.1, 0.15) is 5.75 Å². The fourth-order valence-electron chi connectivity index (χ4n) is 2.93. The average Bonchev–Trinajstić information content (AvgIpc) is 3.02. The minimum atomic E-state index is -4.60. The predicted octanol–water partition coefficient (Wildman–Crippen LogP) is 5.32. The number of nitrogens with two attached hydrogens (primary N) is 1. The molecule has 1 aromatic heterocycles. The van der Waals surface area contributed by atoms with E-state index in [1.165, 1.54) is 25.3 Å². The minimum Gasteiger partial charge on any atom is -0.497 e. The van der Waals surface area contributed by atoms with E-state index in [1.807, 2.05) is 0 Å². The molecule has 0 saturated heterocycles. The number of hydrogen-bond donors (Lipinski definition) is 2. The second-order valence-electron chi connectivity index (χ2n) is 6.51. The van der Waals surface area contributed by atoms with E-state index >= 15 is 0 Å². The highest BCUT2D eigenvalue weighted by Gasteiger charge is 2.38. The number of halogens is 5. The molecule has 0 aliphatic carbocycles. The number of fused-ring (bicyclic) bond motifs is 1. The first-order valence-electron chi connectivity index (χ1n) is 8.46. The van der Waals surface area contributed by atoms with Gasteiger partial charge in [-0.25, -0.2) is 4.98 Å². The van der Waals surface area contributed by atoms with Crippen LogP contribution in [0.3, 0.4) is 0 Å². The summed E-state index contributed by atoms with van der Waals surface area (Å²) in [7, 11) is 1.48. The Morgan fingerprint density at radius 1 is 1.17 bits per heavy atom. The lowest BCUT2D eigenvalue weighted by Crippen LogP contribution is -2.16. The van der Waals surface area contributed by atoms with Crippen LogP contribution in [0.2, 0.25) is 0 Å². The molecule has 0 radical (unpaired) electrons. The van der Waals surface area contributed by atoms with Crippen LogP contribution in [0.25, 0.3) is 11.0 Å². The third-order valence-electron chi connectivity index (χ3n) is 4.23. The summed E-state index contributed by atoms with van der Waals surface area (Å²) in [5.41, 5.74) is 7.09. The summed E-state index contributed by atoms with van der Waals surface area (Å²) in [6.45, 7) is 3.28. The van der Waals surface area contributed by atoms with Crippen molar-refractivity contribution in [2.24, 2.45) is 0 Å². The second kappa shape index (κ2) is 9.44. The number of ether oxygens (including phenoxy) is 1. The van der Waals surface area contributed by atoms with Crippen molar-refractivity contribution in [2.75, 3.05) is 18.2 Å². The van der Waals surface area contributed by atoms with Crippen molar-refractivity contribution in [3.8, 4) is 5.75 Å². The van der Waals surface area contributed by atoms with Crippen LogP contribution in [0.15, 0.2) is 36.4 Å². The third kappa shape index (κ3) is 4.91. The van der Waals surface area contributed by atoms with Crippen LogP contribution >= 0.6 is 24.8 Å². The standard InChI is InChI=1S/C19H19F3N4O2.2ClH/c1-10(2)26-16-7-4-11(8-15(16)25-18(26)19(20,21)22)17(27)24-14-9-12(28-3)5-6-13(14)23;;/h4-10H,23H2,1-3H3,(H,24,27);2*1H. The Hall–Kier alpha value is -2.65. The predicted molar refractivity (Wildman–Crippen MR) is 115 cm³/mol. The van der Waals surface area contributed by atoms with Crippen molar-refractivity contribution >= 4 is 53.1 Å². The number of nitrogens with one attached hydrogen (secondary N) is 1. The first-order chi connectivity index (χ1) is 13.1. The molecule has 3 aromatic rings. The van der Waals surface area contributed by atoms with Gasteiger partial charge in [0.2, 0.25) is 5.82 Å². The summed E-state index contributed by atoms with van der Waals surface area (Å²) in [6, 6.07) is 8.58. The maximum atomic E-state index is 13.3. The van der Waals surface area contributed by atoms with Crippen molar-refractivity contribution in [3.63, 3.8) is 0 Å². The number of nitrogens with zero attached hydrogens (tertiary/aromatic N) is 2. The molecular weight excluding hydrogens is 444 g/mol. The number of anilines is 2. The Morgan fingerprint density at radius 2 is 1.83 bits per heavy atom. The lowest BCUT2D eigenvalue weighted by molar-refractivity contribution is -0.147. The van der Waals surface area contributed by atoms with E-state index in [2.05, 4.69) is 10.3 Å². The molecule has 1 heterocycles. The van der Waals surface area contributed by atoms with Gasteiger partial charge >= 0.3 is 6.18 Å². The summed E-state index contributed by atoms with van der Waals surface area (Å²) in [5, 5.41) is 2.64. The van der Waals surface area contributed by atoms with Crippen LogP contribution < -0.4 is 15.8 Å². The van der Waals surface area contributed by atoms with Gasteiger partial charge in [0, 0.05) is 17.7 Å². The average molecular weight is 465 g/mol. The van der Waals surface area contributed by atoms with Gasteiger partial charge in [-0.05, 0) is 44.2 Å². The molecule has 1 amide bonds. The largest absolute Gasteiger partial charge is 0.497 e. The van der Waals surface area contributed by atoms with E-state index in [9.17, 15) is 18.0 Å². The van der Waals surface area contributed by atoms with Crippen LogP contribution in [-0.2, 0) is 6.18 Å². The second-order valence-corrected chi connectivity index (χ2v) is 6.51. The molecule has 30 heavy (non-hydrogen) atoms. The molecule has 3 rings (SSSR count). The Labute approximate surface area is 183 Å². The van der Waals surface area contributed by atoms with Gasteiger partial charge in [-0.2, -0.15) is 13.2 Å². The number of carbonyl (C=O) groups excluding carboxylic acids is 1. The number of nitrogen functional groups attached to an aromatic ring is 1. The minimum absolute atomic E-state index is 0. The Balaban J connectivity index is 0.00000225. The van der Waals surface area contributed by atoms with Gasteiger partial charge in [-0.15, -0.1) is 24.8 Å². The molecule has 0 bridgehead atoms. The summed E-state index contributed by atoms with van der Waals surface area (Å²) in [4.78, 5) is 16.3. The smallest absolute Gasteiger partial charge is 0.449 e. The molecule has 2 aromatic carbocycles. The summed E-state index contributed by atoms with van der Waals surface area (Å²) < 4.78 is 46.2. The number of alkyl halides is 3. The summed E-state index contributed by atoms with van der Waals surface area (Å²) in [6.07, 6.45) is -4.60. The van der Waals surface area contributed by atoms with Crippen LogP contribution in [0.1, 0.15) is 36.1 Å². The Bertz CT molecular complexity index is 1050. The van der Waals surface area contributed by atoms with Gasteiger partial charge in [-0.3, -0.25) is 4.79 Å². The van der Waals surface area contributed by atoms with Crippen molar-refractivity contribution in [3.05, 3.63) is 47.8 Å². The van der Waals surface area contributed by atoms with Crippen molar-refractivity contribution in [1.29, 1.82) is 0 Å². The van der Waals surface area contributed by atoms with E-state index < -0.39 is 23.9 Å². The molecule has 0 aliphatic rings. The normalized spacial score (nSPS) is 11.0. The fraction of sp³-hybridized carbons (Fsp3) is 0.263. The highest BCUT2D eigenvalue weighted by atomic mass is 35.5. The zero-order chi connectivity index (χ0) is 20.6. The topological polar surface area (TPSA) is 82.2 Å². The maximum Gasteiger partial charge on any atom is 0.449 e. The fourth-order valence-corrected chi connectivity index (χ4v) is 2.93. The lowest BCUT2D eigenvalue weighted by atomic mass is 10.1. The Kier molecular flexibility index (Phi) is 7.99. The third-order valence-corrected chi connectivity index (χ3v) is 4.23. The molecule has 0 spiro atoms. The first kappa shape index (κ1) is 25.4. The highest BCUT2D eigenvalue weighted by molar-refractivity contribution is 6.07. The molecule has 0 saturated carbocycles. The highest BCUT2D eigenvalue weighted by Crippen LogP contribution is 2.34. The number of benzene rings is 2. The van der Waals surface area contributed by atoms with E-state index in [4.69, 9.17) is 10.5 Å². The number of methoxy groups -OCH3 is 1. The molecular formula is C19H21Cl2F3N4O2. The van der Waals surface area contributed by atoms with Crippen LogP contribution in [0.4, 0.5) is 24.5 Å². The molecule has 11 heteroatoms. The SMILES string of the molecule is COc1ccc(N)c(NC(=O)c2ccc3c(c2)nc(C(F)(F)F)n3C(C)C)c1.Cl.Cl. The van der Waals surface area contributed by atoms with Crippen molar-refractivity contribution in [1.82, 2.24) is 9.55 Å². The van der Waals surface area contributed by atoms with Gasteiger partial charge in [0.25, 0.3) is 5.91 Å². The molecule has 0 aliphatic heterocycles. The molecule has 164 valence electrons. The van der Waals surface area contributed by atoms with E-state index in [-0.39, 0.29) is 35.9 Å². The number of amides is 1. The van der Waals surface area contributed by atoms with E-state index in [0.29, 0.717) is 22.6 Å². The first-order valence-corrected chi connectivity index (χ1v) is 8.46. The van der Waals surface area contributed by atoms with Gasteiger partial charge in [0.05, 0.1) is 29.5 Å². The number of aromatic nitrogens is 2. The van der Waals surface area contributed by atoms with Crippen molar-refractivity contribution < 1.29 is 22.7 Å². The van der Waals surface area contributed by atoms with E-state index in [0.717, 1.165) is 4.57 Å². The molecule has 0 atom stereocenters. The van der Waals surface area contributed by atoms with Crippen LogP contribution in [0.5, 0.6) is 5.75 Å². The van der Waals surface area contributed by atoms with Crippen LogP contribution in [-0.4, -0.2) is 22.6 Å². The quantitative estimate of drug-likeness (QED) is 0.511. The molecule has 6 nitrogen and oxygen atoms in total. The maximum absolute atomic E-state index is 13.3. The summed E-state index contributed by atoms with van der Waals surface area (Å²) in [5.74, 6) is -1.01. The van der Waals surface area contributed by atoms with Gasteiger partial charge in [-0.1, -0.05) is 0 Å². The van der Waals surface area contributed by atoms with Gasteiger partial charge in [0.15, 0.2) is 0 Å². The molecule has 0 fully saturated rings. The molecule has 0 unspecified atom stereocenters. The Morgan fingerprint density at radius 3 is 2.40 bits per heavy atom. The zero-order valence-electron chi connectivity index (χ0n) is 16.3. The van der Waals surface area contributed by atoms with Crippen LogP contribution in [0, 0.1) is 0 Å². The summed E-state index contributed by atoms with van der Waals surface area (Å²) >= 11 is 0. The zero-order valence-corrected chi connectivity index (χ0v) is 17.9. The number of imidazole rings is 1. The monoisotopic (exact) mass is 464 g/mol. The number of hydrogen-bond acceptors (Lipinski definition) is 4. The lowest BCUT2D eigenvalue weighted by Gasteiger charge is -2.14. The number of rotatable bonds is 4. The van der Waals surface area contributed by atoms with Crippen molar-refractivity contribution in [2.45, 2.75) is 26.1 Å². The van der Waals surface area contributed by atoms with E-state index in [1.54, 1.807) is 32.0 Å².